The lowest BCUT2D eigenvalue weighted by Crippen LogP contribution is -2.49. The predicted molar refractivity (Wildman–Crippen MR) is 135 cm³/mol. The van der Waals surface area contributed by atoms with Crippen LogP contribution in [0.1, 0.15) is 82.5 Å². The molecule has 6 nitrogen and oxygen atoms in total. The third kappa shape index (κ3) is 6.80. The van der Waals surface area contributed by atoms with Crippen LogP contribution in [0.5, 0.6) is 0 Å². The fourth-order valence-corrected chi connectivity index (χ4v) is 7.11. The monoisotopic (exact) mass is 490 g/mol. The molecule has 0 aliphatic carbocycles. The number of carbonyl (C=O) groups is 2. The summed E-state index contributed by atoms with van der Waals surface area (Å²) in [6, 6.07) is -0.267. The third-order valence-corrected chi connectivity index (χ3v) is 9.27. The topological polar surface area (TPSA) is 99.5 Å². The van der Waals surface area contributed by atoms with Gasteiger partial charge in [-0.05, 0) is 51.2 Å². The molecule has 4 atom stereocenters. The van der Waals surface area contributed by atoms with Crippen LogP contribution in [0, 0.1) is 0 Å². The number of amides is 1. The van der Waals surface area contributed by atoms with E-state index in [1.54, 1.807) is 6.92 Å². The van der Waals surface area contributed by atoms with Crippen molar-refractivity contribution in [3.8, 4) is 0 Å². The van der Waals surface area contributed by atoms with Gasteiger partial charge in [-0.15, -0.1) is 23.1 Å². The summed E-state index contributed by atoms with van der Waals surface area (Å²) in [6.45, 7) is 10.0. The summed E-state index contributed by atoms with van der Waals surface area (Å²) >= 11 is 2.94. The van der Waals surface area contributed by atoms with Crippen LogP contribution in [-0.2, 0) is 9.59 Å². The highest BCUT2D eigenvalue weighted by atomic mass is 32.2. The van der Waals surface area contributed by atoms with E-state index >= 15 is 0 Å². The number of aliphatic carboxylic acids is 1. The van der Waals surface area contributed by atoms with Gasteiger partial charge in [0.15, 0.2) is 0 Å². The van der Waals surface area contributed by atoms with Gasteiger partial charge in [-0.1, -0.05) is 37.6 Å². The predicted octanol–water partition coefficient (Wildman–Crippen LogP) is 5.27. The maximum atomic E-state index is 13.0. The van der Waals surface area contributed by atoms with Gasteiger partial charge in [0.2, 0.25) is 5.91 Å². The summed E-state index contributed by atoms with van der Waals surface area (Å²) in [5.41, 5.74) is 1.91. The Bertz CT molecular complexity index is 965. The van der Waals surface area contributed by atoms with Gasteiger partial charge in [0.05, 0.1) is 23.8 Å². The van der Waals surface area contributed by atoms with E-state index < -0.39 is 16.3 Å². The maximum Gasteiger partial charge on any atom is 0.304 e. The number of carbonyl (C=O) groups excluding carboxylic acids is 1. The first-order valence-corrected chi connectivity index (χ1v) is 13.2. The Balaban J connectivity index is 2.00. The van der Waals surface area contributed by atoms with E-state index in [1.165, 1.54) is 23.1 Å². The summed E-state index contributed by atoms with van der Waals surface area (Å²) in [4.78, 5) is 29.4. The van der Waals surface area contributed by atoms with Gasteiger partial charge < -0.3 is 15.5 Å². The fourth-order valence-electron chi connectivity index (χ4n) is 4.42. The van der Waals surface area contributed by atoms with Gasteiger partial charge >= 0.3 is 5.97 Å². The number of thiazole rings is 1. The Kier molecular flexibility index (Phi) is 8.24. The van der Waals surface area contributed by atoms with Gasteiger partial charge in [0.1, 0.15) is 5.01 Å². The number of aromatic nitrogens is 1. The molecule has 180 valence electrons. The molecule has 2 aliphatic heterocycles. The minimum atomic E-state index is -0.962. The zero-order valence-electron chi connectivity index (χ0n) is 19.6. The molecule has 1 aromatic heterocycles. The van der Waals surface area contributed by atoms with Crippen molar-refractivity contribution in [1.82, 2.24) is 10.3 Å². The van der Waals surface area contributed by atoms with Crippen molar-refractivity contribution < 1.29 is 19.8 Å². The van der Waals surface area contributed by atoms with Gasteiger partial charge in [0.25, 0.3) is 0 Å². The standard InChI is InChI=1S/C25H34N2O4S2/c1-5-6-18-8-7-16(2)11-20-24(4,31)9-10-25(33-20,14-22(29)30)13-21(28)26-17(3)23-27-19(12-18)15-32-23/h7-8,12,15,17,20,31H,2,5-6,9-11,13-14H2,1,3-4H3,(H,26,28)(H,29,30)/b8-7+,18-12?/t17-,20-,24+,25+/m1/s1. The van der Waals surface area contributed by atoms with Gasteiger partial charge in [-0.25, -0.2) is 4.98 Å². The van der Waals surface area contributed by atoms with Gasteiger partial charge in [-0.3, -0.25) is 9.59 Å². The van der Waals surface area contributed by atoms with E-state index in [4.69, 9.17) is 4.98 Å². The van der Waals surface area contributed by atoms with Crippen LogP contribution in [-0.4, -0.2) is 42.7 Å². The normalized spacial score (nSPS) is 32.1. The molecule has 1 aromatic rings. The first kappa shape index (κ1) is 25.7. The molecule has 0 aromatic carbocycles. The van der Waals surface area contributed by atoms with Crippen LogP contribution < -0.4 is 5.32 Å². The fraction of sp³-hybridized carbons (Fsp3) is 0.560. The Hall–Kier alpha value is -1.90. The summed E-state index contributed by atoms with van der Waals surface area (Å²) in [5, 5.41) is 26.3. The van der Waals surface area contributed by atoms with E-state index in [0.29, 0.717) is 19.3 Å². The second-order valence-corrected chi connectivity index (χ2v) is 12.0. The van der Waals surface area contributed by atoms with Crippen LogP contribution in [0.15, 0.2) is 35.3 Å². The zero-order chi connectivity index (χ0) is 24.2. The molecular formula is C25H34N2O4S2. The third-order valence-electron chi connectivity index (χ3n) is 6.27. The lowest BCUT2D eigenvalue weighted by molar-refractivity contribution is -0.138. The van der Waals surface area contributed by atoms with Crippen LogP contribution >= 0.6 is 23.1 Å². The number of hydrogen-bond donors (Lipinski definition) is 3. The average molecular weight is 491 g/mol. The Morgan fingerprint density at radius 2 is 2.12 bits per heavy atom. The molecule has 3 rings (SSSR count). The highest BCUT2D eigenvalue weighted by molar-refractivity contribution is 8.01. The molecule has 33 heavy (non-hydrogen) atoms. The smallest absolute Gasteiger partial charge is 0.304 e. The Morgan fingerprint density at radius 3 is 2.82 bits per heavy atom. The van der Waals surface area contributed by atoms with Crippen molar-refractivity contribution in [2.75, 3.05) is 0 Å². The number of fused-ring (bicyclic) bond motifs is 4. The molecule has 1 saturated heterocycles. The summed E-state index contributed by atoms with van der Waals surface area (Å²) in [5.74, 6) is -1.13. The molecule has 4 bridgehead atoms. The molecule has 1 fully saturated rings. The SMILES string of the molecule is C=C1/C=C/C(CCC)=Cc2csc(n2)[C@@H](C)NC(=O)C[C@]2(CC(=O)O)CC[C@](C)(O)[C@@H](C1)S2. The number of nitrogens with zero attached hydrogens (tertiary/aromatic N) is 1. The van der Waals surface area contributed by atoms with Crippen molar-refractivity contribution in [3.05, 3.63) is 46.0 Å². The van der Waals surface area contributed by atoms with E-state index in [2.05, 4.69) is 31.0 Å². The van der Waals surface area contributed by atoms with Crippen molar-refractivity contribution >= 4 is 41.1 Å². The molecule has 8 heteroatoms. The number of allylic oxidation sites excluding steroid dienone is 4. The number of hydrogen-bond acceptors (Lipinski definition) is 6. The van der Waals surface area contributed by atoms with Crippen LogP contribution in [0.3, 0.4) is 0 Å². The van der Waals surface area contributed by atoms with E-state index in [-0.39, 0.29) is 30.0 Å². The van der Waals surface area contributed by atoms with Gasteiger partial charge in [0, 0.05) is 21.8 Å². The van der Waals surface area contributed by atoms with Crippen molar-refractivity contribution in [2.45, 2.75) is 87.4 Å². The van der Waals surface area contributed by atoms with E-state index in [0.717, 1.165) is 34.7 Å². The molecule has 1 amide bonds. The minimum Gasteiger partial charge on any atom is -0.481 e. The Morgan fingerprint density at radius 1 is 1.36 bits per heavy atom. The van der Waals surface area contributed by atoms with Crippen molar-refractivity contribution in [1.29, 1.82) is 0 Å². The summed E-state index contributed by atoms with van der Waals surface area (Å²) in [6.07, 6.45) is 9.40. The maximum absolute atomic E-state index is 13.0. The van der Waals surface area contributed by atoms with Crippen molar-refractivity contribution in [2.24, 2.45) is 0 Å². The van der Waals surface area contributed by atoms with Crippen LogP contribution in [0.2, 0.25) is 0 Å². The first-order chi connectivity index (χ1) is 15.5. The number of nitrogens with one attached hydrogen (secondary N) is 1. The minimum absolute atomic E-state index is 0.0853. The molecular weight excluding hydrogens is 456 g/mol. The average Bonchev–Trinajstić information content (AvgIpc) is 3.17. The molecule has 0 radical (unpaired) electrons. The zero-order valence-corrected chi connectivity index (χ0v) is 21.2. The lowest BCUT2D eigenvalue weighted by atomic mass is 9.84. The Labute approximate surface area is 204 Å². The number of rotatable bonds is 4. The lowest BCUT2D eigenvalue weighted by Gasteiger charge is -2.47. The molecule has 0 unspecified atom stereocenters. The number of thioether (sulfide) groups is 1. The van der Waals surface area contributed by atoms with Crippen molar-refractivity contribution in [3.63, 3.8) is 0 Å². The highest BCUT2D eigenvalue weighted by Crippen LogP contribution is 2.51. The molecule has 0 saturated carbocycles. The van der Waals surface area contributed by atoms with E-state index in [1.807, 2.05) is 18.4 Å². The van der Waals surface area contributed by atoms with E-state index in [9.17, 15) is 19.8 Å². The molecule has 3 N–H and O–H groups in total. The second-order valence-electron chi connectivity index (χ2n) is 9.46. The summed E-state index contributed by atoms with van der Waals surface area (Å²) in [7, 11) is 0. The first-order valence-electron chi connectivity index (χ1n) is 11.4. The molecule has 0 spiro atoms. The number of carboxylic acids is 1. The van der Waals surface area contributed by atoms with Crippen LogP contribution in [0.25, 0.3) is 6.08 Å². The van der Waals surface area contributed by atoms with Crippen LogP contribution in [0.4, 0.5) is 0 Å². The quantitative estimate of drug-likeness (QED) is 0.532. The number of carboxylic acid groups (broad SMARTS) is 1. The molecule has 2 aliphatic rings. The summed E-state index contributed by atoms with van der Waals surface area (Å²) < 4.78 is -0.773. The number of aliphatic hydroxyl groups is 1. The second kappa shape index (κ2) is 10.6. The largest absolute Gasteiger partial charge is 0.481 e. The molecule has 3 heterocycles. The van der Waals surface area contributed by atoms with Gasteiger partial charge in [-0.2, -0.15) is 0 Å². The highest BCUT2D eigenvalue weighted by Gasteiger charge is 2.48.